The summed E-state index contributed by atoms with van der Waals surface area (Å²) in [5.41, 5.74) is -4.75. The standard InChI is InChI=1S/C29H27N5O4S/c1-6-33-20-10-8-7-9-18(20)29(25(33)37)28(27(15-30,16-31)23(39)32-29)19-13-17(2)11-12-21(19)34(24(28)36)14-22(35)38-26(3,4)5/h7-13H,6,14H2,1-5H3,(H,32,39)/t28-,29+/m0/s1. The highest BCUT2D eigenvalue weighted by atomic mass is 32.1. The fraction of sp³-hybridized carbons (Fsp3) is 0.379. The van der Waals surface area contributed by atoms with Crippen LogP contribution >= 0.6 is 12.2 Å². The molecule has 10 heteroatoms. The number of benzene rings is 2. The van der Waals surface area contributed by atoms with Gasteiger partial charge in [0.1, 0.15) is 17.1 Å². The quantitative estimate of drug-likeness (QED) is 0.464. The molecule has 0 radical (unpaired) electrons. The van der Waals surface area contributed by atoms with Crippen molar-refractivity contribution in [2.45, 2.75) is 51.2 Å². The molecule has 2 aromatic carbocycles. The summed E-state index contributed by atoms with van der Waals surface area (Å²) in [6, 6.07) is 16.2. The normalized spacial score (nSPS) is 24.4. The van der Waals surface area contributed by atoms with Gasteiger partial charge in [0.2, 0.25) is 11.3 Å². The average molecular weight is 542 g/mol. The molecule has 0 aromatic heterocycles. The Bertz CT molecular complexity index is 1550. The van der Waals surface area contributed by atoms with E-state index in [1.54, 1.807) is 70.2 Å². The van der Waals surface area contributed by atoms with Gasteiger partial charge in [0, 0.05) is 23.5 Å². The molecule has 39 heavy (non-hydrogen) atoms. The molecular formula is C29H27N5O4S. The van der Waals surface area contributed by atoms with Crippen LogP contribution in [0.2, 0.25) is 0 Å². The lowest BCUT2D eigenvalue weighted by Gasteiger charge is -2.41. The SMILES string of the molecule is CCN1C(=O)[C@]2(NC(=S)C(C#N)(C#N)[C@]23C(=O)N(CC(=O)OC(C)(C)C)c2ccc(C)cc23)c2ccccc21. The molecule has 2 aromatic rings. The van der Waals surface area contributed by atoms with E-state index >= 15 is 0 Å². The summed E-state index contributed by atoms with van der Waals surface area (Å²) in [6.45, 7) is 8.57. The van der Waals surface area contributed by atoms with Crippen LogP contribution in [0.4, 0.5) is 11.4 Å². The van der Waals surface area contributed by atoms with Crippen molar-refractivity contribution in [1.82, 2.24) is 5.32 Å². The van der Waals surface area contributed by atoms with Gasteiger partial charge in [-0.2, -0.15) is 10.5 Å². The molecule has 1 N–H and O–H groups in total. The minimum Gasteiger partial charge on any atom is -0.459 e. The van der Waals surface area contributed by atoms with Crippen LogP contribution in [0.25, 0.3) is 0 Å². The molecule has 0 unspecified atom stereocenters. The van der Waals surface area contributed by atoms with Crippen LogP contribution in [-0.2, 0) is 30.1 Å². The Morgan fingerprint density at radius 3 is 2.28 bits per heavy atom. The first-order chi connectivity index (χ1) is 18.4. The minimum absolute atomic E-state index is 0.214. The van der Waals surface area contributed by atoms with Crippen LogP contribution < -0.4 is 15.1 Å². The van der Waals surface area contributed by atoms with Gasteiger partial charge in [0.15, 0.2) is 11.0 Å². The molecule has 0 bridgehead atoms. The second-order valence-corrected chi connectivity index (χ2v) is 11.4. The van der Waals surface area contributed by atoms with Crippen molar-refractivity contribution in [3.63, 3.8) is 0 Å². The van der Waals surface area contributed by atoms with E-state index in [0.717, 1.165) is 5.56 Å². The number of nitrogens with zero attached hydrogens (tertiary/aromatic N) is 4. The number of likely N-dealkylation sites (N-methyl/N-ethyl adjacent to an activating group) is 1. The number of amides is 2. The van der Waals surface area contributed by atoms with Crippen molar-refractivity contribution < 1.29 is 19.1 Å². The van der Waals surface area contributed by atoms with E-state index in [0.29, 0.717) is 16.9 Å². The number of rotatable bonds is 3. The number of carbonyl (C=O) groups is 3. The van der Waals surface area contributed by atoms with Crippen LogP contribution in [0.15, 0.2) is 42.5 Å². The summed E-state index contributed by atoms with van der Waals surface area (Å²) in [5, 5.41) is 24.4. The van der Waals surface area contributed by atoms with Gasteiger partial charge in [0.25, 0.3) is 5.91 Å². The van der Waals surface area contributed by atoms with Gasteiger partial charge in [0.05, 0.1) is 12.1 Å². The number of nitriles is 2. The van der Waals surface area contributed by atoms with E-state index in [4.69, 9.17) is 17.0 Å². The molecule has 3 aliphatic heterocycles. The molecule has 3 aliphatic rings. The highest BCUT2D eigenvalue weighted by Crippen LogP contribution is 2.67. The Morgan fingerprint density at radius 2 is 1.67 bits per heavy atom. The zero-order chi connectivity index (χ0) is 28.5. The Kier molecular flexibility index (Phi) is 5.64. The van der Waals surface area contributed by atoms with E-state index in [-0.39, 0.29) is 17.1 Å². The first kappa shape index (κ1) is 26.3. The summed E-state index contributed by atoms with van der Waals surface area (Å²) < 4.78 is 5.51. The zero-order valence-corrected chi connectivity index (χ0v) is 23.1. The molecule has 2 atom stereocenters. The molecule has 5 rings (SSSR count). The lowest BCUT2D eigenvalue weighted by atomic mass is 9.53. The number of hydrogen-bond acceptors (Lipinski definition) is 7. The maximum Gasteiger partial charge on any atom is 0.326 e. The van der Waals surface area contributed by atoms with E-state index in [9.17, 15) is 24.9 Å². The average Bonchev–Trinajstić information content (AvgIpc) is 3.36. The number of para-hydroxylation sites is 1. The number of aryl methyl sites for hydroxylation is 1. The topological polar surface area (TPSA) is 127 Å². The lowest BCUT2D eigenvalue weighted by molar-refractivity contribution is -0.153. The molecule has 1 saturated heterocycles. The third-order valence-corrected chi connectivity index (χ3v) is 8.11. The lowest BCUT2D eigenvalue weighted by Crippen LogP contribution is -2.65. The van der Waals surface area contributed by atoms with Gasteiger partial charge in [-0.1, -0.05) is 48.1 Å². The Hall–Kier alpha value is -4.28. The Balaban J connectivity index is 1.89. The predicted octanol–water partition coefficient (Wildman–Crippen LogP) is 3.15. The molecule has 1 fully saturated rings. The molecule has 3 heterocycles. The number of ether oxygens (including phenoxy) is 1. The molecule has 9 nitrogen and oxygen atoms in total. The number of carbonyl (C=O) groups excluding carboxylic acids is 3. The second-order valence-electron chi connectivity index (χ2n) is 11.0. The van der Waals surface area contributed by atoms with Gasteiger partial charge >= 0.3 is 5.97 Å². The highest BCUT2D eigenvalue weighted by molar-refractivity contribution is 7.80. The van der Waals surface area contributed by atoms with Crippen molar-refractivity contribution in [3.8, 4) is 12.1 Å². The van der Waals surface area contributed by atoms with Crippen LogP contribution in [0.3, 0.4) is 0 Å². The van der Waals surface area contributed by atoms with Crippen molar-refractivity contribution in [2.75, 3.05) is 22.9 Å². The molecule has 198 valence electrons. The molecule has 2 spiro atoms. The summed E-state index contributed by atoms with van der Waals surface area (Å²) >= 11 is 5.65. The van der Waals surface area contributed by atoms with E-state index in [1.165, 1.54) is 9.80 Å². The molecule has 0 saturated carbocycles. The predicted molar refractivity (Wildman–Crippen MR) is 147 cm³/mol. The fourth-order valence-electron chi connectivity index (χ4n) is 6.35. The fourth-order valence-corrected chi connectivity index (χ4v) is 6.75. The maximum atomic E-state index is 14.9. The Morgan fingerprint density at radius 1 is 1.03 bits per heavy atom. The number of thiocarbonyl (C=S) groups is 1. The summed E-state index contributed by atoms with van der Waals surface area (Å²) in [6.07, 6.45) is 0. The molecular weight excluding hydrogens is 514 g/mol. The van der Waals surface area contributed by atoms with Gasteiger partial charge in [-0.25, -0.2) is 0 Å². The number of fused-ring (bicyclic) bond motifs is 5. The maximum absolute atomic E-state index is 14.9. The Labute approximate surface area is 231 Å². The smallest absolute Gasteiger partial charge is 0.326 e. The van der Waals surface area contributed by atoms with Crippen LogP contribution in [-0.4, -0.2) is 41.5 Å². The van der Waals surface area contributed by atoms with E-state index in [1.807, 2.05) is 19.1 Å². The summed E-state index contributed by atoms with van der Waals surface area (Å²) in [4.78, 5) is 45.0. The minimum atomic E-state index is -2.25. The monoisotopic (exact) mass is 541 g/mol. The summed E-state index contributed by atoms with van der Waals surface area (Å²) in [7, 11) is 0. The molecule has 0 aliphatic carbocycles. The van der Waals surface area contributed by atoms with Crippen molar-refractivity contribution in [2.24, 2.45) is 5.41 Å². The second kappa shape index (κ2) is 8.36. The largest absolute Gasteiger partial charge is 0.459 e. The number of esters is 1. The van der Waals surface area contributed by atoms with Crippen molar-refractivity contribution in [3.05, 3.63) is 59.2 Å². The number of nitrogens with one attached hydrogen (secondary N) is 1. The third kappa shape index (κ3) is 3.04. The number of anilines is 2. The van der Waals surface area contributed by atoms with Gasteiger partial charge < -0.3 is 15.0 Å². The molecule has 2 amide bonds. The van der Waals surface area contributed by atoms with Gasteiger partial charge in [-0.15, -0.1) is 0 Å². The highest BCUT2D eigenvalue weighted by Gasteiger charge is 2.84. The zero-order valence-electron chi connectivity index (χ0n) is 22.3. The first-order valence-electron chi connectivity index (χ1n) is 12.6. The third-order valence-electron chi connectivity index (χ3n) is 7.70. The van der Waals surface area contributed by atoms with Gasteiger partial charge in [-0.05, 0) is 52.3 Å². The first-order valence-corrected chi connectivity index (χ1v) is 13.0. The van der Waals surface area contributed by atoms with Crippen molar-refractivity contribution >= 4 is 46.4 Å². The number of hydrogen-bond donors (Lipinski definition) is 1. The van der Waals surface area contributed by atoms with E-state index in [2.05, 4.69) is 5.32 Å². The van der Waals surface area contributed by atoms with Crippen LogP contribution in [0, 0.1) is 35.0 Å². The van der Waals surface area contributed by atoms with Crippen molar-refractivity contribution in [1.29, 1.82) is 10.5 Å². The van der Waals surface area contributed by atoms with Crippen LogP contribution in [0.1, 0.15) is 44.4 Å². The van der Waals surface area contributed by atoms with Crippen LogP contribution in [0.5, 0.6) is 0 Å². The van der Waals surface area contributed by atoms with Gasteiger partial charge in [-0.3, -0.25) is 19.3 Å². The summed E-state index contributed by atoms with van der Waals surface area (Å²) in [5.74, 6) is -1.92. The van der Waals surface area contributed by atoms with E-state index < -0.39 is 46.3 Å².